The molecule has 2 heterocycles. The van der Waals surface area contributed by atoms with E-state index in [1.165, 1.54) is 24.6 Å². The summed E-state index contributed by atoms with van der Waals surface area (Å²) in [5.74, 6) is 0.792. The van der Waals surface area contributed by atoms with Crippen molar-refractivity contribution >= 4 is 37.5 Å². The van der Waals surface area contributed by atoms with Gasteiger partial charge in [-0.05, 0) is 43.3 Å². The van der Waals surface area contributed by atoms with Crippen LogP contribution in [0.2, 0.25) is 0 Å². The van der Waals surface area contributed by atoms with Crippen molar-refractivity contribution in [1.29, 1.82) is 0 Å². The summed E-state index contributed by atoms with van der Waals surface area (Å²) in [5.41, 5.74) is 1.18. The molecule has 1 aliphatic rings. The topological polar surface area (TPSA) is 98.2 Å². The van der Waals surface area contributed by atoms with Crippen molar-refractivity contribution in [2.45, 2.75) is 18.4 Å². The van der Waals surface area contributed by atoms with Gasteiger partial charge in [-0.25, -0.2) is 8.42 Å². The highest BCUT2D eigenvalue weighted by molar-refractivity contribution is 7.89. The Morgan fingerprint density at radius 3 is 2.33 bits per heavy atom. The number of ether oxygens (including phenoxy) is 2. The molecule has 0 aliphatic carbocycles. The Morgan fingerprint density at radius 2 is 1.70 bits per heavy atom. The first-order chi connectivity index (χ1) is 15.8. The Labute approximate surface area is 195 Å². The van der Waals surface area contributed by atoms with Crippen molar-refractivity contribution in [2.24, 2.45) is 0 Å². The number of sulfonamides is 1. The van der Waals surface area contributed by atoms with Gasteiger partial charge in [0.1, 0.15) is 0 Å². The number of hydrogen-bond acceptors (Lipinski definition) is 7. The van der Waals surface area contributed by atoms with Crippen molar-refractivity contribution in [2.75, 3.05) is 40.4 Å². The van der Waals surface area contributed by atoms with Crippen LogP contribution in [0, 0.1) is 0 Å². The normalized spacial score (nSPS) is 15.1. The molecule has 1 amide bonds. The largest absolute Gasteiger partial charge is 0.493 e. The molecule has 11 heteroatoms. The van der Waals surface area contributed by atoms with Gasteiger partial charge in [0.2, 0.25) is 10.0 Å². The van der Waals surface area contributed by atoms with Gasteiger partial charge >= 0.3 is 4.87 Å². The number of thiazole rings is 1. The fourth-order valence-electron chi connectivity index (χ4n) is 3.94. The predicted octanol–water partition coefficient (Wildman–Crippen LogP) is 2.25. The number of hydrogen-bond donors (Lipinski definition) is 0. The Balaban J connectivity index is 1.49. The van der Waals surface area contributed by atoms with Gasteiger partial charge in [-0.2, -0.15) is 4.31 Å². The number of nitrogens with zero attached hydrogens (tertiary/aromatic N) is 3. The molecule has 2 aromatic carbocycles. The fraction of sp³-hybridized carbons (Fsp3) is 0.364. The maximum atomic E-state index is 13.2. The molecule has 9 nitrogen and oxygen atoms in total. The number of aromatic nitrogens is 1. The predicted molar refractivity (Wildman–Crippen MR) is 126 cm³/mol. The van der Waals surface area contributed by atoms with Crippen molar-refractivity contribution < 1.29 is 22.7 Å². The quantitative estimate of drug-likeness (QED) is 0.525. The van der Waals surface area contributed by atoms with Crippen LogP contribution in [0.3, 0.4) is 0 Å². The fourth-order valence-corrected chi connectivity index (χ4v) is 6.46. The van der Waals surface area contributed by atoms with E-state index in [2.05, 4.69) is 0 Å². The zero-order valence-electron chi connectivity index (χ0n) is 18.6. The SMILES string of the molecule is CCn1c(=O)sc2cc(S(=O)(=O)N3CCN(C(=O)c4ccc(OC)c(OC)c4)CC3)ccc21. The third kappa shape index (κ3) is 4.23. The summed E-state index contributed by atoms with van der Waals surface area (Å²) in [7, 11) is -0.716. The van der Waals surface area contributed by atoms with E-state index in [1.807, 2.05) is 6.92 Å². The standard InChI is InChI=1S/C22H25N3O6S2/c1-4-25-17-7-6-16(14-20(17)32-22(25)27)33(28,29)24-11-9-23(10-12-24)21(26)15-5-8-18(30-2)19(13-15)31-3/h5-8,13-14H,4,9-12H2,1-3H3. The molecule has 0 spiro atoms. The second-order valence-corrected chi connectivity index (χ2v) is 10.4. The summed E-state index contributed by atoms with van der Waals surface area (Å²) >= 11 is 1.04. The molecule has 4 rings (SSSR count). The van der Waals surface area contributed by atoms with Crippen LogP contribution in [-0.2, 0) is 16.6 Å². The molecule has 1 saturated heterocycles. The lowest BCUT2D eigenvalue weighted by Gasteiger charge is -2.34. The zero-order valence-corrected chi connectivity index (χ0v) is 20.2. The van der Waals surface area contributed by atoms with Gasteiger partial charge in [0.05, 0.1) is 29.3 Å². The molecule has 1 aliphatic heterocycles. The minimum absolute atomic E-state index is 0.107. The van der Waals surface area contributed by atoms with E-state index >= 15 is 0 Å². The number of carbonyl (C=O) groups is 1. The number of amides is 1. The van der Waals surface area contributed by atoms with Gasteiger partial charge in [0, 0.05) is 38.3 Å². The van der Waals surface area contributed by atoms with E-state index in [0.29, 0.717) is 28.3 Å². The second-order valence-electron chi connectivity index (χ2n) is 7.51. The van der Waals surface area contributed by atoms with Crippen molar-refractivity contribution in [3.8, 4) is 11.5 Å². The van der Waals surface area contributed by atoms with Gasteiger partial charge in [-0.15, -0.1) is 0 Å². The minimum atomic E-state index is -3.74. The summed E-state index contributed by atoms with van der Waals surface area (Å²) in [6.07, 6.45) is 0. The van der Waals surface area contributed by atoms with Crippen LogP contribution in [0.1, 0.15) is 17.3 Å². The van der Waals surface area contributed by atoms with Crippen LogP contribution in [0.4, 0.5) is 0 Å². The summed E-state index contributed by atoms with van der Waals surface area (Å²) < 4.78 is 40.5. The molecule has 0 N–H and O–H groups in total. The molecular formula is C22H25N3O6S2. The Kier molecular flexibility index (Phi) is 6.46. The van der Waals surface area contributed by atoms with E-state index in [4.69, 9.17) is 9.47 Å². The zero-order chi connectivity index (χ0) is 23.8. The Morgan fingerprint density at radius 1 is 1.00 bits per heavy atom. The van der Waals surface area contributed by atoms with Crippen LogP contribution in [0.25, 0.3) is 10.2 Å². The average molecular weight is 492 g/mol. The van der Waals surface area contributed by atoms with Crippen LogP contribution >= 0.6 is 11.3 Å². The molecule has 0 unspecified atom stereocenters. The average Bonchev–Trinajstić information content (AvgIpc) is 3.17. The highest BCUT2D eigenvalue weighted by atomic mass is 32.2. The molecule has 0 saturated carbocycles. The molecule has 33 heavy (non-hydrogen) atoms. The molecular weight excluding hydrogens is 466 g/mol. The molecule has 1 aromatic heterocycles. The van der Waals surface area contributed by atoms with Gasteiger partial charge in [0.25, 0.3) is 5.91 Å². The third-order valence-corrected chi connectivity index (χ3v) is 8.59. The lowest BCUT2D eigenvalue weighted by atomic mass is 10.1. The van der Waals surface area contributed by atoms with Gasteiger partial charge in [0.15, 0.2) is 11.5 Å². The summed E-state index contributed by atoms with van der Waals surface area (Å²) in [6, 6.07) is 9.73. The van der Waals surface area contributed by atoms with Crippen molar-refractivity contribution in [1.82, 2.24) is 13.8 Å². The molecule has 0 radical (unpaired) electrons. The highest BCUT2D eigenvalue weighted by Crippen LogP contribution is 2.29. The number of methoxy groups -OCH3 is 2. The summed E-state index contributed by atoms with van der Waals surface area (Å²) in [6.45, 7) is 3.32. The second kappa shape index (κ2) is 9.16. The molecule has 0 bridgehead atoms. The minimum Gasteiger partial charge on any atom is -0.493 e. The molecule has 0 atom stereocenters. The summed E-state index contributed by atoms with van der Waals surface area (Å²) in [5, 5.41) is 0. The number of rotatable bonds is 6. The number of aryl methyl sites for hydroxylation is 1. The van der Waals surface area contributed by atoms with Crippen molar-refractivity contribution in [3.63, 3.8) is 0 Å². The maximum absolute atomic E-state index is 13.2. The van der Waals surface area contributed by atoms with E-state index in [0.717, 1.165) is 16.9 Å². The smallest absolute Gasteiger partial charge is 0.308 e. The number of piperazine rings is 1. The Hall–Kier alpha value is -2.89. The third-order valence-electron chi connectivity index (χ3n) is 5.75. The highest BCUT2D eigenvalue weighted by Gasteiger charge is 2.31. The number of benzene rings is 2. The number of fused-ring (bicyclic) bond motifs is 1. The lowest BCUT2D eigenvalue weighted by molar-refractivity contribution is 0.0697. The monoisotopic (exact) mass is 491 g/mol. The first-order valence-electron chi connectivity index (χ1n) is 10.4. The van der Waals surface area contributed by atoms with E-state index in [1.54, 1.807) is 39.8 Å². The van der Waals surface area contributed by atoms with Gasteiger partial charge in [-0.1, -0.05) is 11.3 Å². The maximum Gasteiger partial charge on any atom is 0.308 e. The van der Waals surface area contributed by atoms with E-state index < -0.39 is 10.0 Å². The van der Waals surface area contributed by atoms with Crippen LogP contribution in [-0.4, -0.2) is 68.5 Å². The van der Waals surface area contributed by atoms with Crippen LogP contribution in [0.5, 0.6) is 11.5 Å². The molecule has 1 fully saturated rings. The lowest BCUT2D eigenvalue weighted by Crippen LogP contribution is -2.50. The van der Waals surface area contributed by atoms with Crippen LogP contribution < -0.4 is 14.3 Å². The van der Waals surface area contributed by atoms with Crippen LogP contribution in [0.15, 0.2) is 46.1 Å². The van der Waals surface area contributed by atoms with E-state index in [-0.39, 0.29) is 41.9 Å². The first-order valence-corrected chi connectivity index (χ1v) is 12.7. The molecule has 176 valence electrons. The molecule has 3 aromatic rings. The first kappa shape index (κ1) is 23.3. The number of carbonyl (C=O) groups excluding carboxylic acids is 1. The Bertz CT molecular complexity index is 1350. The summed E-state index contributed by atoms with van der Waals surface area (Å²) in [4.78, 5) is 26.7. The van der Waals surface area contributed by atoms with Gasteiger partial charge in [-0.3, -0.25) is 14.2 Å². The van der Waals surface area contributed by atoms with Gasteiger partial charge < -0.3 is 14.4 Å². The van der Waals surface area contributed by atoms with E-state index in [9.17, 15) is 18.0 Å². The van der Waals surface area contributed by atoms with Crippen molar-refractivity contribution in [3.05, 3.63) is 51.6 Å².